The van der Waals surface area contributed by atoms with Crippen LogP contribution in [-0.2, 0) is 28.4 Å². The highest BCUT2D eigenvalue weighted by atomic mass is 32.2. The zero-order valence-electron chi connectivity index (χ0n) is 11.4. The van der Waals surface area contributed by atoms with Crippen LogP contribution in [0.25, 0.3) is 0 Å². The normalized spacial score (nSPS) is 16.6. The summed E-state index contributed by atoms with van der Waals surface area (Å²) in [5.41, 5.74) is 2.54. The van der Waals surface area contributed by atoms with E-state index in [0.29, 0.717) is 31.0 Å². The lowest BCUT2D eigenvalue weighted by molar-refractivity contribution is -0.130. The summed E-state index contributed by atoms with van der Waals surface area (Å²) in [7, 11) is -0.715. The SMILES string of the molecule is CCc1ccc(CCC(=O)N2CCS(=O)CC2)cc1. The van der Waals surface area contributed by atoms with Gasteiger partial charge < -0.3 is 4.90 Å². The summed E-state index contributed by atoms with van der Waals surface area (Å²) in [6.45, 7) is 3.44. The molecule has 1 heterocycles. The number of nitrogens with zero attached hydrogens (tertiary/aromatic N) is 1. The highest BCUT2D eigenvalue weighted by Gasteiger charge is 2.19. The molecule has 4 heteroatoms. The molecule has 0 saturated carbocycles. The van der Waals surface area contributed by atoms with E-state index in [-0.39, 0.29) is 5.91 Å². The predicted octanol–water partition coefficient (Wildman–Crippen LogP) is 1.77. The molecule has 104 valence electrons. The molecule has 0 atom stereocenters. The molecule has 0 radical (unpaired) electrons. The number of carbonyl (C=O) groups excluding carboxylic acids is 1. The van der Waals surface area contributed by atoms with Crippen molar-refractivity contribution in [3.05, 3.63) is 35.4 Å². The van der Waals surface area contributed by atoms with E-state index in [0.717, 1.165) is 12.8 Å². The van der Waals surface area contributed by atoms with Crippen molar-refractivity contribution in [3.63, 3.8) is 0 Å². The molecule has 1 aliphatic rings. The lowest BCUT2D eigenvalue weighted by Crippen LogP contribution is -2.41. The van der Waals surface area contributed by atoms with Crippen molar-refractivity contribution < 1.29 is 9.00 Å². The van der Waals surface area contributed by atoms with Gasteiger partial charge in [0, 0.05) is 41.8 Å². The summed E-state index contributed by atoms with van der Waals surface area (Å²) in [4.78, 5) is 13.9. The first kappa shape index (κ1) is 14.3. The Balaban J connectivity index is 1.80. The zero-order chi connectivity index (χ0) is 13.7. The molecular weight excluding hydrogens is 258 g/mol. The summed E-state index contributed by atoms with van der Waals surface area (Å²) in [5.74, 6) is 1.46. The molecule has 1 aromatic rings. The molecule has 0 aromatic heterocycles. The van der Waals surface area contributed by atoms with Gasteiger partial charge in [-0.25, -0.2) is 0 Å². The van der Waals surface area contributed by atoms with E-state index in [1.54, 1.807) is 0 Å². The van der Waals surface area contributed by atoms with E-state index >= 15 is 0 Å². The molecule has 3 nitrogen and oxygen atoms in total. The Hall–Kier alpha value is -1.16. The second kappa shape index (κ2) is 6.85. The van der Waals surface area contributed by atoms with E-state index in [2.05, 4.69) is 31.2 Å². The van der Waals surface area contributed by atoms with Crippen LogP contribution in [0.1, 0.15) is 24.5 Å². The number of amides is 1. The number of hydrogen-bond acceptors (Lipinski definition) is 2. The van der Waals surface area contributed by atoms with E-state index in [4.69, 9.17) is 0 Å². The Labute approximate surface area is 117 Å². The molecule has 1 aliphatic heterocycles. The summed E-state index contributed by atoms with van der Waals surface area (Å²) in [5, 5.41) is 0. The molecule has 0 bridgehead atoms. The summed E-state index contributed by atoms with van der Waals surface area (Å²) >= 11 is 0. The van der Waals surface area contributed by atoms with Crippen molar-refractivity contribution in [2.45, 2.75) is 26.2 Å². The van der Waals surface area contributed by atoms with Crippen molar-refractivity contribution in [1.82, 2.24) is 4.90 Å². The van der Waals surface area contributed by atoms with Gasteiger partial charge in [0.2, 0.25) is 5.91 Å². The third kappa shape index (κ3) is 4.16. The zero-order valence-corrected chi connectivity index (χ0v) is 12.2. The van der Waals surface area contributed by atoms with E-state index in [9.17, 15) is 9.00 Å². The van der Waals surface area contributed by atoms with E-state index in [1.165, 1.54) is 11.1 Å². The van der Waals surface area contributed by atoms with Crippen LogP contribution >= 0.6 is 0 Å². The molecule has 0 aliphatic carbocycles. The highest BCUT2D eigenvalue weighted by molar-refractivity contribution is 7.85. The van der Waals surface area contributed by atoms with Gasteiger partial charge in [-0.05, 0) is 24.0 Å². The van der Waals surface area contributed by atoms with Crippen LogP contribution in [0.15, 0.2) is 24.3 Å². The molecular formula is C15H21NO2S. The lowest BCUT2D eigenvalue weighted by Gasteiger charge is -2.26. The fourth-order valence-electron chi connectivity index (χ4n) is 2.24. The lowest BCUT2D eigenvalue weighted by atomic mass is 10.1. The summed E-state index contributed by atoms with van der Waals surface area (Å²) in [6, 6.07) is 8.47. The number of rotatable bonds is 4. The van der Waals surface area contributed by atoms with Crippen molar-refractivity contribution in [1.29, 1.82) is 0 Å². The first-order chi connectivity index (χ1) is 9.19. The standard InChI is InChI=1S/C15H21NO2S/c1-2-13-3-5-14(6-4-13)7-8-15(17)16-9-11-19(18)12-10-16/h3-6H,2,7-12H2,1H3. The van der Waals surface area contributed by atoms with Gasteiger partial charge in [0.05, 0.1) is 0 Å². The second-order valence-electron chi connectivity index (χ2n) is 4.90. The van der Waals surface area contributed by atoms with Gasteiger partial charge in [0.1, 0.15) is 0 Å². The van der Waals surface area contributed by atoms with Crippen molar-refractivity contribution in [2.75, 3.05) is 24.6 Å². The molecule has 1 aromatic carbocycles. The van der Waals surface area contributed by atoms with Crippen LogP contribution in [0, 0.1) is 0 Å². The first-order valence-electron chi connectivity index (χ1n) is 6.89. The van der Waals surface area contributed by atoms with Gasteiger partial charge >= 0.3 is 0 Å². The summed E-state index contributed by atoms with van der Waals surface area (Å²) < 4.78 is 11.2. The fourth-order valence-corrected chi connectivity index (χ4v) is 3.29. The van der Waals surface area contributed by atoms with Gasteiger partial charge in [0.25, 0.3) is 0 Å². The van der Waals surface area contributed by atoms with Gasteiger partial charge in [-0.1, -0.05) is 31.2 Å². The van der Waals surface area contributed by atoms with Gasteiger partial charge in [-0.3, -0.25) is 9.00 Å². The minimum Gasteiger partial charge on any atom is -0.341 e. The molecule has 0 N–H and O–H groups in total. The molecule has 1 fully saturated rings. The first-order valence-corrected chi connectivity index (χ1v) is 8.38. The van der Waals surface area contributed by atoms with E-state index in [1.807, 2.05) is 4.90 Å². The third-order valence-corrected chi connectivity index (χ3v) is 4.87. The fraction of sp³-hybridized carbons (Fsp3) is 0.533. The second-order valence-corrected chi connectivity index (χ2v) is 6.60. The predicted molar refractivity (Wildman–Crippen MR) is 78.6 cm³/mol. The Bertz CT molecular complexity index is 446. The van der Waals surface area contributed by atoms with Gasteiger partial charge in [-0.15, -0.1) is 0 Å². The average Bonchev–Trinajstić information content (AvgIpc) is 2.46. The Kier molecular flexibility index (Phi) is 5.14. The van der Waals surface area contributed by atoms with Crippen molar-refractivity contribution in [3.8, 4) is 0 Å². The Morgan fingerprint density at radius 3 is 2.32 bits per heavy atom. The minimum atomic E-state index is -0.715. The third-order valence-electron chi connectivity index (χ3n) is 3.59. The maximum absolute atomic E-state index is 12.0. The minimum absolute atomic E-state index is 0.191. The highest BCUT2D eigenvalue weighted by Crippen LogP contribution is 2.09. The summed E-state index contributed by atoms with van der Waals surface area (Å²) in [6.07, 6.45) is 2.39. The molecule has 1 saturated heterocycles. The molecule has 2 rings (SSSR count). The van der Waals surface area contributed by atoms with Gasteiger partial charge in [0.15, 0.2) is 0 Å². The quantitative estimate of drug-likeness (QED) is 0.842. The van der Waals surface area contributed by atoms with Crippen molar-refractivity contribution >= 4 is 16.7 Å². The van der Waals surface area contributed by atoms with Crippen LogP contribution in [-0.4, -0.2) is 39.6 Å². The number of carbonyl (C=O) groups is 1. The molecule has 0 unspecified atom stereocenters. The molecule has 0 spiro atoms. The average molecular weight is 279 g/mol. The van der Waals surface area contributed by atoms with Crippen LogP contribution in [0.4, 0.5) is 0 Å². The number of hydrogen-bond donors (Lipinski definition) is 0. The topological polar surface area (TPSA) is 37.4 Å². The molecule has 1 amide bonds. The maximum atomic E-state index is 12.0. The largest absolute Gasteiger partial charge is 0.341 e. The van der Waals surface area contributed by atoms with Crippen molar-refractivity contribution in [2.24, 2.45) is 0 Å². The monoisotopic (exact) mass is 279 g/mol. The Morgan fingerprint density at radius 2 is 1.74 bits per heavy atom. The Morgan fingerprint density at radius 1 is 1.16 bits per heavy atom. The van der Waals surface area contributed by atoms with Crippen LogP contribution in [0.5, 0.6) is 0 Å². The number of aryl methyl sites for hydroxylation is 2. The van der Waals surface area contributed by atoms with Crippen LogP contribution in [0.2, 0.25) is 0 Å². The van der Waals surface area contributed by atoms with Crippen LogP contribution in [0.3, 0.4) is 0 Å². The number of benzene rings is 1. The van der Waals surface area contributed by atoms with E-state index < -0.39 is 10.8 Å². The molecule has 19 heavy (non-hydrogen) atoms. The maximum Gasteiger partial charge on any atom is 0.222 e. The van der Waals surface area contributed by atoms with Gasteiger partial charge in [-0.2, -0.15) is 0 Å². The van der Waals surface area contributed by atoms with Crippen LogP contribution < -0.4 is 0 Å². The smallest absolute Gasteiger partial charge is 0.222 e.